The number of para-hydroxylation sites is 1. The fourth-order valence-electron chi connectivity index (χ4n) is 3.65. The molecule has 0 saturated heterocycles. The highest BCUT2D eigenvalue weighted by molar-refractivity contribution is 6.66. The van der Waals surface area contributed by atoms with Crippen molar-refractivity contribution in [2.75, 3.05) is 106 Å². The number of hydrogen-bond acceptors (Lipinski definition) is 11. The Morgan fingerprint density at radius 3 is 1.68 bits per heavy atom. The number of nitrogens with one attached hydrogen (secondary N) is 1. The van der Waals surface area contributed by atoms with E-state index in [-0.39, 0.29) is 12.6 Å². The summed E-state index contributed by atoms with van der Waals surface area (Å²) in [7, 11) is -2.06. The maximum atomic E-state index is 11.8. The molecule has 0 amide bonds. The van der Waals surface area contributed by atoms with Crippen molar-refractivity contribution >= 4 is 14.5 Å². The third kappa shape index (κ3) is 23.6. The quantitative estimate of drug-likeness (QED) is 0.0795. The number of carbonyl (C=O) groups excluding carboxylic acids is 1. The van der Waals surface area contributed by atoms with Crippen LogP contribution in [0.1, 0.15) is 26.7 Å². The van der Waals surface area contributed by atoms with Crippen molar-refractivity contribution in [3.63, 3.8) is 0 Å². The molecule has 0 aliphatic carbocycles. The number of hydrogen-bond donors (Lipinski definition) is 1. The van der Waals surface area contributed by atoms with Gasteiger partial charge in [-0.05, 0) is 51.5 Å². The summed E-state index contributed by atoms with van der Waals surface area (Å²) < 4.78 is 49.7. The summed E-state index contributed by atoms with van der Waals surface area (Å²) in [6.45, 7) is 14.4. The predicted octanol–water partition coefficient (Wildman–Crippen LogP) is 3.21. The first-order valence-electron chi connectivity index (χ1n) is 14.8. The molecule has 41 heavy (non-hydrogen) atoms. The topological polar surface area (TPSA) is 112 Å². The smallest absolute Gasteiger partial charge is 0.334 e. The lowest BCUT2D eigenvalue weighted by Gasteiger charge is -2.25. The van der Waals surface area contributed by atoms with Gasteiger partial charge in [-0.3, -0.25) is 4.79 Å². The van der Waals surface area contributed by atoms with Gasteiger partial charge in [-0.2, -0.15) is 0 Å². The zero-order chi connectivity index (χ0) is 29.7. The first-order chi connectivity index (χ1) is 20.1. The highest BCUT2D eigenvalue weighted by Crippen LogP contribution is 2.15. The lowest BCUT2D eigenvalue weighted by Crippen LogP contribution is -2.39. The van der Waals surface area contributed by atoms with Gasteiger partial charge in [-0.1, -0.05) is 18.2 Å². The number of carbonyl (C=O) groups is 1. The average molecular weight is 604 g/mol. The van der Waals surface area contributed by atoms with E-state index in [0.29, 0.717) is 98.9 Å². The van der Waals surface area contributed by atoms with Gasteiger partial charge >= 0.3 is 14.5 Å². The Kier molecular flexibility index (Phi) is 24.9. The summed E-state index contributed by atoms with van der Waals surface area (Å²) in [4.78, 5) is 11.8. The van der Waals surface area contributed by atoms with Gasteiger partial charge in [0.25, 0.3) is 0 Å². The van der Waals surface area contributed by atoms with Gasteiger partial charge in [0.2, 0.25) is 0 Å². The third-order valence-electron chi connectivity index (χ3n) is 5.61. The molecule has 0 heterocycles. The zero-order valence-corrected chi connectivity index (χ0v) is 26.4. The Balaban J connectivity index is 1.75. The molecule has 1 N–H and O–H groups in total. The second kappa shape index (κ2) is 27.2. The molecule has 0 unspecified atom stereocenters. The molecule has 12 heteroatoms. The van der Waals surface area contributed by atoms with Gasteiger partial charge in [0, 0.05) is 19.8 Å². The molecule has 1 aromatic rings. The van der Waals surface area contributed by atoms with Crippen LogP contribution < -0.4 is 10.1 Å². The summed E-state index contributed by atoms with van der Waals surface area (Å²) in [5.41, 5.74) is 0. The molecule has 0 radical (unpaired) electrons. The Labute approximate surface area is 247 Å². The lowest BCUT2D eigenvalue weighted by molar-refractivity contribution is -0.145. The molecule has 0 aliphatic rings. The van der Waals surface area contributed by atoms with Crippen molar-refractivity contribution in [3.05, 3.63) is 30.3 Å². The van der Waals surface area contributed by atoms with E-state index in [1.807, 2.05) is 44.2 Å². The fourth-order valence-corrected chi connectivity index (χ4v) is 6.06. The predicted molar refractivity (Wildman–Crippen MR) is 159 cm³/mol. The van der Waals surface area contributed by atoms with Crippen LogP contribution in [0.3, 0.4) is 0 Å². The molecule has 1 aromatic carbocycles. The summed E-state index contributed by atoms with van der Waals surface area (Å²) >= 11 is 0. The van der Waals surface area contributed by atoms with Crippen LogP contribution in [0, 0.1) is 0 Å². The van der Waals surface area contributed by atoms with Crippen LogP contribution in [-0.4, -0.2) is 120 Å². The molecule has 11 nitrogen and oxygen atoms in total. The SMILES string of the molecule is CCO[Si](C)(CCCNCCC(=O)OCCOCCOCCOCCOCCOCCOc1ccccc1)OCC. The minimum Gasteiger partial charge on any atom is -0.491 e. The number of ether oxygens (including phenoxy) is 7. The van der Waals surface area contributed by atoms with E-state index in [2.05, 4.69) is 11.9 Å². The maximum absolute atomic E-state index is 11.8. The Morgan fingerprint density at radius 1 is 0.683 bits per heavy atom. The van der Waals surface area contributed by atoms with E-state index in [1.54, 1.807) is 0 Å². The third-order valence-corrected chi connectivity index (χ3v) is 8.67. The van der Waals surface area contributed by atoms with Gasteiger partial charge in [-0.15, -0.1) is 0 Å². The summed E-state index contributed by atoms with van der Waals surface area (Å²) in [6.07, 6.45) is 1.29. The van der Waals surface area contributed by atoms with Gasteiger partial charge in [0.1, 0.15) is 19.0 Å². The van der Waals surface area contributed by atoms with Crippen LogP contribution in [0.25, 0.3) is 0 Å². The van der Waals surface area contributed by atoms with Gasteiger partial charge in [0.05, 0.1) is 72.5 Å². The molecule has 1 rings (SSSR count). The number of esters is 1. The largest absolute Gasteiger partial charge is 0.491 e. The molecule has 0 fully saturated rings. The normalized spacial score (nSPS) is 11.6. The summed E-state index contributed by atoms with van der Waals surface area (Å²) in [6, 6.07) is 10.6. The molecular weight excluding hydrogens is 550 g/mol. The second-order valence-corrected chi connectivity index (χ2v) is 12.4. The lowest BCUT2D eigenvalue weighted by atomic mass is 10.3. The first-order valence-corrected chi connectivity index (χ1v) is 17.3. The Bertz CT molecular complexity index is 710. The van der Waals surface area contributed by atoms with Crippen LogP contribution >= 0.6 is 0 Å². The molecule has 0 spiro atoms. The molecule has 0 aliphatic heterocycles. The highest BCUT2D eigenvalue weighted by Gasteiger charge is 2.29. The fraction of sp³-hybridized carbons (Fsp3) is 0.759. The van der Waals surface area contributed by atoms with Crippen molar-refractivity contribution in [2.45, 2.75) is 39.3 Å². The first kappa shape index (κ1) is 37.4. The molecule has 238 valence electrons. The maximum Gasteiger partial charge on any atom is 0.334 e. The standard InChI is InChI=1S/C29H53NO10Si/c1-4-39-41(3,40-5-2)27-9-13-30-14-12-29(31)38-26-24-36-22-20-34-18-16-32-15-17-33-19-21-35-23-25-37-28-10-7-6-8-11-28/h6-8,10-11,30H,4-5,9,12-27H2,1-3H3. The van der Waals surface area contributed by atoms with Crippen molar-refractivity contribution in [1.82, 2.24) is 5.32 Å². The van der Waals surface area contributed by atoms with Gasteiger partial charge < -0.3 is 47.3 Å². The number of benzene rings is 1. The van der Waals surface area contributed by atoms with Crippen LogP contribution in [0.15, 0.2) is 30.3 Å². The minimum absolute atomic E-state index is 0.234. The van der Waals surface area contributed by atoms with E-state index in [4.69, 9.17) is 42.0 Å². The van der Waals surface area contributed by atoms with Crippen LogP contribution in [0.5, 0.6) is 5.75 Å². The van der Waals surface area contributed by atoms with E-state index < -0.39 is 8.56 Å². The van der Waals surface area contributed by atoms with Gasteiger partial charge in [-0.25, -0.2) is 0 Å². The van der Waals surface area contributed by atoms with Crippen LogP contribution in [-0.2, 0) is 42.1 Å². The molecule has 0 saturated carbocycles. The van der Waals surface area contributed by atoms with E-state index >= 15 is 0 Å². The molecule has 0 bridgehead atoms. The van der Waals surface area contributed by atoms with E-state index in [1.165, 1.54) is 0 Å². The van der Waals surface area contributed by atoms with Crippen molar-refractivity contribution in [3.8, 4) is 5.75 Å². The minimum atomic E-state index is -2.06. The van der Waals surface area contributed by atoms with Crippen molar-refractivity contribution < 1.29 is 46.8 Å². The summed E-state index contributed by atoms with van der Waals surface area (Å²) in [5.74, 6) is 0.606. The van der Waals surface area contributed by atoms with Crippen LogP contribution in [0.2, 0.25) is 12.6 Å². The van der Waals surface area contributed by atoms with Crippen LogP contribution in [0.4, 0.5) is 0 Å². The van der Waals surface area contributed by atoms with Crippen molar-refractivity contribution in [2.24, 2.45) is 0 Å². The zero-order valence-electron chi connectivity index (χ0n) is 25.4. The van der Waals surface area contributed by atoms with Crippen molar-refractivity contribution in [1.29, 1.82) is 0 Å². The Hall–Kier alpha value is -1.61. The molecule has 0 atom stereocenters. The Morgan fingerprint density at radius 2 is 1.17 bits per heavy atom. The number of rotatable bonds is 30. The van der Waals surface area contributed by atoms with Gasteiger partial charge in [0.15, 0.2) is 0 Å². The summed E-state index contributed by atoms with van der Waals surface area (Å²) in [5, 5.41) is 3.27. The molecular formula is C29H53NO10Si. The van der Waals surface area contributed by atoms with E-state index in [9.17, 15) is 4.79 Å². The second-order valence-electron chi connectivity index (χ2n) is 9.05. The molecule has 0 aromatic heterocycles. The average Bonchev–Trinajstić information content (AvgIpc) is 2.97. The monoisotopic (exact) mass is 603 g/mol. The highest BCUT2D eigenvalue weighted by atomic mass is 28.4. The van der Waals surface area contributed by atoms with E-state index in [0.717, 1.165) is 24.8 Å².